The molecule has 0 bridgehead atoms. The highest BCUT2D eigenvalue weighted by atomic mass is 35.5. The lowest BCUT2D eigenvalue weighted by Crippen LogP contribution is -2.01. The van der Waals surface area contributed by atoms with Crippen molar-refractivity contribution >= 4 is 23.3 Å². The lowest BCUT2D eigenvalue weighted by atomic mass is 10.1. The number of carbonyl (C=O) groups excluding carboxylic acids is 1. The molecular formula is C14H13ClN2O2. The van der Waals surface area contributed by atoms with E-state index in [1.54, 1.807) is 30.3 Å². The number of nitrogens with two attached hydrogens (primary N) is 1. The summed E-state index contributed by atoms with van der Waals surface area (Å²) in [5.41, 5.74) is 9.33. The lowest BCUT2D eigenvalue weighted by molar-refractivity contribution is 0.0601. The van der Waals surface area contributed by atoms with Gasteiger partial charge in [0.05, 0.1) is 24.1 Å². The summed E-state index contributed by atoms with van der Waals surface area (Å²) in [7, 11) is 1.34. The molecule has 0 amide bonds. The zero-order valence-corrected chi connectivity index (χ0v) is 11.4. The first-order valence-corrected chi connectivity index (χ1v) is 6.02. The summed E-state index contributed by atoms with van der Waals surface area (Å²) < 4.78 is 4.64. The molecule has 2 aromatic rings. The molecule has 98 valence electrons. The number of carbonyl (C=O) groups is 1. The summed E-state index contributed by atoms with van der Waals surface area (Å²) in [6.07, 6.45) is 0. The third-order valence-corrected chi connectivity index (χ3v) is 3.01. The van der Waals surface area contributed by atoms with Crippen LogP contribution in [0.5, 0.6) is 0 Å². The Balaban J connectivity index is 2.46. The number of benzene rings is 1. The number of esters is 1. The van der Waals surface area contributed by atoms with E-state index in [1.165, 1.54) is 7.11 Å². The van der Waals surface area contributed by atoms with E-state index < -0.39 is 0 Å². The van der Waals surface area contributed by atoms with E-state index in [9.17, 15) is 4.79 Å². The molecule has 0 saturated heterocycles. The summed E-state index contributed by atoms with van der Waals surface area (Å²) in [6.45, 7) is 1.87. The Morgan fingerprint density at radius 3 is 2.53 bits per heavy atom. The Labute approximate surface area is 116 Å². The van der Waals surface area contributed by atoms with Gasteiger partial charge < -0.3 is 10.5 Å². The SMILES string of the molecule is COC(=O)c1ccc(-c2nc(Cl)cc(C)c2N)cc1. The first kappa shape index (κ1) is 13.4. The van der Waals surface area contributed by atoms with Gasteiger partial charge in [-0.2, -0.15) is 0 Å². The highest BCUT2D eigenvalue weighted by Gasteiger charge is 2.10. The zero-order valence-electron chi connectivity index (χ0n) is 10.6. The molecule has 0 saturated carbocycles. The fourth-order valence-corrected chi connectivity index (χ4v) is 1.99. The highest BCUT2D eigenvalue weighted by molar-refractivity contribution is 6.29. The van der Waals surface area contributed by atoms with Crippen molar-refractivity contribution in [3.63, 3.8) is 0 Å². The molecule has 0 spiro atoms. The molecule has 0 fully saturated rings. The van der Waals surface area contributed by atoms with Gasteiger partial charge in [-0.1, -0.05) is 23.7 Å². The fraction of sp³-hybridized carbons (Fsp3) is 0.143. The van der Waals surface area contributed by atoms with Crippen LogP contribution in [-0.2, 0) is 4.74 Å². The molecule has 0 aliphatic carbocycles. The normalized spacial score (nSPS) is 10.3. The Bertz CT molecular complexity index is 624. The van der Waals surface area contributed by atoms with Crippen LogP contribution < -0.4 is 5.73 Å². The molecule has 2 rings (SSSR count). The lowest BCUT2D eigenvalue weighted by Gasteiger charge is -2.09. The van der Waals surface area contributed by atoms with E-state index in [2.05, 4.69) is 9.72 Å². The van der Waals surface area contributed by atoms with Crippen LogP contribution in [0, 0.1) is 6.92 Å². The van der Waals surface area contributed by atoms with Gasteiger partial charge in [0.2, 0.25) is 0 Å². The average molecular weight is 277 g/mol. The third kappa shape index (κ3) is 2.69. The molecule has 0 atom stereocenters. The van der Waals surface area contributed by atoms with Crippen LogP contribution in [0.25, 0.3) is 11.3 Å². The molecule has 1 aromatic heterocycles. The zero-order chi connectivity index (χ0) is 14.0. The smallest absolute Gasteiger partial charge is 0.337 e. The molecule has 4 nitrogen and oxygen atoms in total. The van der Waals surface area contributed by atoms with Crippen LogP contribution in [0.2, 0.25) is 5.15 Å². The number of ether oxygens (including phenoxy) is 1. The topological polar surface area (TPSA) is 65.2 Å². The Hall–Kier alpha value is -2.07. The van der Waals surface area contributed by atoms with Crippen LogP contribution in [-0.4, -0.2) is 18.1 Å². The first-order chi connectivity index (χ1) is 9.02. The number of hydrogen-bond donors (Lipinski definition) is 1. The van der Waals surface area contributed by atoms with Crippen molar-refractivity contribution in [2.24, 2.45) is 0 Å². The summed E-state index contributed by atoms with van der Waals surface area (Å²) in [5.74, 6) is -0.380. The second-order valence-corrected chi connectivity index (χ2v) is 4.48. The summed E-state index contributed by atoms with van der Waals surface area (Å²) >= 11 is 5.94. The van der Waals surface area contributed by atoms with Crippen molar-refractivity contribution < 1.29 is 9.53 Å². The van der Waals surface area contributed by atoms with Crippen molar-refractivity contribution in [1.82, 2.24) is 4.98 Å². The van der Waals surface area contributed by atoms with Gasteiger partial charge in [0.25, 0.3) is 0 Å². The number of halogens is 1. The summed E-state index contributed by atoms with van der Waals surface area (Å²) in [4.78, 5) is 15.6. The van der Waals surface area contributed by atoms with Gasteiger partial charge in [0.1, 0.15) is 5.15 Å². The number of nitrogen functional groups attached to an aromatic ring is 1. The van der Waals surface area contributed by atoms with Crippen LogP contribution in [0.4, 0.5) is 5.69 Å². The minimum absolute atomic E-state index is 0.380. The number of hydrogen-bond acceptors (Lipinski definition) is 4. The highest BCUT2D eigenvalue weighted by Crippen LogP contribution is 2.28. The first-order valence-electron chi connectivity index (χ1n) is 5.64. The van der Waals surface area contributed by atoms with Crippen molar-refractivity contribution in [1.29, 1.82) is 0 Å². The molecule has 0 unspecified atom stereocenters. The average Bonchev–Trinajstić information content (AvgIpc) is 2.42. The van der Waals surface area contributed by atoms with E-state index in [4.69, 9.17) is 17.3 Å². The van der Waals surface area contributed by atoms with Gasteiger partial charge in [0.15, 0.2) is 0 Å². The molecule has 2 N–H and O–H groups in total. The monoisotopic (exact) mass is 276 g/mol. The van der Waals surface area contributed by atoms with Crippen molar-refractivity contribution in [3.05, 3.63) is 46.6 Å². The van der Waals surface area contributed by atoms with Gasteiger partial charge in [-0.15, -0.1) is 0 Å². The molecule has 1 heterocycles. The Morgan fingerprint density at radius 2 is 1.95 bits per heavy atom. The van der Waals surface area contributed by atoms with Gasteiger partial charge in [-0.05, 0) is 30.7 Å². The number of anilines is 1. The van der Waals surface area contributed by atoms with E-state index >= 15 is 0 Å². The van der Waals surface area contributed by atoms with Crippen molar-refractivity contribution in [2.75, 3.05) is 12.8 Å². The Kier molecular flexibility index (Phi) is 3.71. The number of aromatic nitrogens is 1. The molecular weight excluding hydrogens is 264 g/mol. The number of nitrogens with zero attached hydrogens (tertiary/aromatic N) is 1. The fourth-order valence-electron chi connectivity index (χ4n) is 1.74. The number of pyridine rings is 1. The minimum Gasteiger partial charge on any atom is -0.465 e. The van der Waals surface area contributed by atoms with Crippen molar-refractivity contribution in [3.8, 4) is 11.3 Å². The third-order valence-electron chi connectivity index (χ3n) is 2.81. The predicted octanol–water partition coefficient (Wildman–Crippen LogP) is 3.08. The quantitative estimate of drug-likeness (QED) is 0.676. The van der Waals surface area contributed by atoms with Gasteiger partial charge in [-0.25, -0.2) is 9.78 Å². The number of aryl methyl sites for hydroxylation is 1. The van der Waals surface area contributed by atoms with Gasteiger partial charge in [0, 0.05) is 5.56 Å². The second kappa shape index (κ2) is 5.28. The number of rotatable bonds is 2. The number of methoxy groups -OCH3 is 1. The molecule has 0 radical (unpaired) electrons. The predicted molar refractivity (Wildman–Crippen MR) is 75.2 cm³/mol. The minimum atomic E-state index is -0.380. The molecule has 19 heavy (non-hydrogen) atoms. The molecule has 0 aliphatic heterocycles. The maximum Gasteiger partial charge on any atom is 0.337 e. The largest absolute Gasteiger partial charge is 0.465 e. The molecule has 0 aliphatic rings. The maximum absolute atomic E-state index is 11.4. The summed E-state index contributed by atoms with van der Waals surface area (Å²) in [6, 6.07) is 8.57. The van der Waals surface area contributed by atoms with Gasteiger partial charge >= 0.3 is 5.97 Å². The maximum atomic E-state index is 11.4. The Morgan fingerprint density at radius 1 is 1.32 bits per heavy atom. The van der Waals surface area contributed by atoms with E-state index in [0.29, 0.717) is 22.1 Å². The molecule has 5 heteroatoms. The van der Waals surface area contributed by atoms with Crippen molar-refractivity contribution in [2.45, 2.75) is 6.92 Å². The molecule has 1 aromatic carbocycles. The van der Waals surface area contributed by atoms with E-state index in [0.717, 1.165) is 11.1 Å². The standard InChI is InChI=1S/C14H13ClN2O2/c1-8-7-11(15)17-13(12(8)16)9-3-5-10(6-4-9)14(18)19-2/h3-7H,16H2,1-2H3. The summed E-state index contributed by atoms with van der Waals surface area (Å²) in [5, 5.41) is 0.388. The van der Waals surface area contributed by atoms with Crippen LogP contribution >= 0.6 is 11.6 Å². The van der Waals surface area contributed by atoms with E-state index in [-0.39, 0.29) is 5.97 Å². The van der Waals surface area contributed by atoms with Crippen LogP contribution in [0.1, 0.15) is 15.9 Å². The van der Waals surface area contributed by atoms with Crippen LogP contribution in [0.3, 0.4) is 0 Å². The second-order valence-electron chi connectivity index (χ2n) is 4.09. The van der Waals surface area contributed by atoms with Gasteiger partial charge in [-0.3, -0.25) is 0 Å². The van der Waals surface area contributed by atoms with E-state index in [1.807, 2.05) is 6.92 Å². The van der Waals surface area contributed by atoms with Crippen LogP contribution in [0.15, 0.2) is 30.3 Å².